The minimum Gasteiger partial charge on any atom is -0.478 e. The third kappa shape index (κ3) is 3.34. The summed E-state index contributed by atoms with van der Waals surface area (Å²) in [5.41, 5.74) is 2.82. The van der Waals surface area contributed by atoms with Crippen molar-refractivity contribution in [2.45, 2.75) is 6.18 Å². The molecule has 96 valence electrons. The lowest BCUT2D eigenvalue weighted by Crippen LogP contribution is -2.10. The number of carboxylic acids is 1. The van der Waals surface area contributed by atoms with E-state index in [1.807, 2.05) is 0 Å². The Bertz CT molecular complexity index is 521. The van der Waals surface area contributed by atoms with Gasteiger partial charge in [0.1, 0.15) is 0 Å². The molecule has 0 heterocycles. The van der Waals surface area contributed by atoms with Gasteiger partial charge in [0.2, 0.25) is 5.91 Å². The molecule has 7 heteroatoms. The van der Waals surface area contributed by atoms with Crippen LogP contribution in [0.2, 0.25) is 0 Å². The topological polar surface area (TPSA) is 80.4 Å². The summed E-state index contributed by atoms with van der Waals surface area (Å²) in [5.74, 6) is -2.36. The minimum atomic E-state index is -4.72. The Morgan fingerprint density at radius 1 is 1.28 bits per heavy atom. The summed E-state index contributed by atoms with van der Waals surface area (Å²) in [7, 11) is 0. The van der Waals surface area contributed by atoms with Crippen LogP contribution in [0.15, 0.2) is 24.3 Å². The van der Waals surface area contributed by atoms with Crippen LogP contribution in [0.25, 0.3) is 6.08 Å². The first-order valence-corrected chi connectivity index (χ1v) is 4.64. The Kier molecular flexibility index (Phi) is 3.75. The van der Waals surface area contributed by atoms with E-state index < -0.39 is 29.2 Å². The summed E-state index contributed by atoms with van der Waals surface area (Å²) in [6.07, 6.45) is -3.06. The largest absolute Gasteiger partial charge is 0.478 e. The number of carboxylic acid groups (broad SMARTS) is 1. The number of amides is 1. The molecule has 4 nitrogen and oxygen atoms in total. The van der Waals surface area contributed by atoms with E-state index in [1.54, 1.807) is 0 Å². The molecule has 3 N–H and O–H groups in total. The number of carbonyl (C=O) groups excluding carboxylic acids is 1. The Morgan fingerprint density at radius 2 is 1.89 bits per heavy atom. The van der Waals surface area contributed by atoms with Crippen LogP contribution in [0.4, 0.5) is 13.2 Å². The van der Waals surface area contributed by atoms with Gasteiger partial charge in [0, 0.05) is 6.08 Å². The van der Waals surface area contributed by atoms with E-state index in [4.69, 9.17) is 10.8 Å². The Hall–Kier alpha value is -2.31. The molecule has 0 bridgehead atoms. The highest BCUT2D eigenvalue weighted by Gasteiger charge is 2.33. The Labute approximate surface area is 99.5 Å². The highest BCUT2D eigenvalue weighted by atomic mass is 19.4. The predicted octanol–water partition coefficient (Wildman–Crippen LogP) is 1.90. The summed E-state index contributed by atoms with van der Waals surface area (Å²) >= 11 is 0. The lowest BCUT2D eigenvalue weighted by atomic mass is 10.0. The van der Waals surface area contributed by atoms with Gasteiger partial charge in [-0.2, -0.15) is 13.2 Å². The SMILES string of the molecule is NC(=O)C=Cc1ccc(C(=O)O)cc1C(F)(F)F. The van der Waals surface area contributed by atoms with E-state index in [-0.39, 0.29) is 5.56 Å². The normalized spacial score (nSPS) is 11.7. The molecule has 0 atom stereocenters. The molecule has 0 fully saturated rings. The van der Waals surface area contributed by atoms with E-state index >= 15 is 0 Å². The van der Waals surface area contributed by atoms with Crippen molar-refractivity contribution in [1.82, 2.24) is 0 Å². The summed E-state index contributed by atoms with van der Waals surface area (Å²) in [6, 6.07) is 2.48. The summed E-state index contributed by atoms with van der Waals surface area (Å²) in [5, 5.41) is 8.62. The number of rotatable bonds is 3. The van der Waals surface area contributed by atoms with Gasteiger partial charge in [0.15, 0.2) is 0 Å². The molecule has 0 radical (unpaired) electrons. The van der Waals surface area contributed by atoms with Crippen molar-refractivity contribution >= 4 is 18.0 Å². The van der Waals surface area contributed by atoms with Gasteiger partial charge in [-0.15, -0.1) is 0 Å². The first-order valence-electron chi connectivity index (χ1n) is 4.64. The molecule has 0 saturated carbocycles. The van der Waals surface area contributed by atoms with Crippen LogP contribution in [0.3, 0.4) is 0 Å². The average Bonchev–Trinajstić information content (AvgIpc) is 2.24. The first kappa shape index (κ1) is 13.8. The Morgan fingerprint density at radius 3 is 2.33 bits per heavy atom. The van der Waals surface area contributed by atoms with Crippen molar-refractivity contribution < 1.29 is 27.9 Å². The van der Waals surface area contributed by atoms with Crippen LogP contribution in [0.1, 0.15) is 21.5 Å². The molecule has 1 aromatic carbocycles. The van der Waals surface area contributed by atoms with Gasteiger partial charge in [0.05, 0.1) is 11.1 Å². The van der Waals surface area contributed by atoms with Crippen molar-refractivity contribution in [2.75, 3.05) is 0 Å². The van der Waals surface area contributed by atoms with Crippen molar-refractivity contribution in [3.63, 3.8) is 0 Å². The second-order valence-electron chi connectivity index (χ2n) is 3.34. The number of carbonyl (C=O) groups is 2. The van der Waals surface area contributed by atoms with Crippen molar-refractivity contribution in [3.8, 4) is 0 Å². The van der Waals surface area contributed by atoms with Crippen LogP contribution in [-0.2, 0) is 11.0 Å². The van der Waals surface area contributed by atoms with Gasteiger partial charge in [-0.25, -0.2) is 4.79 Å². The maximum atomic E-state index is 12.7. The number of hydrogen-bond donors (Lipinski definition) is 2. The van der Waals surface area contributed by atoms with Gasteiger partial charge >= 0.3 is 12.1 Å². The fourth-order valence-corrected chi connectivity index (χ4v) is 1.25. The van der Waals surface area contributed by atoms with Gasteiger partial charge in [-0.3, -0.25) is 4.79 Å². The van der Waals surface area contributed by atoms with Crippen LogP contribution in [0.5, 0.6) is 0 Å². The van der Waals surface area contributed by atoms with E-state index in [0.717, 1.165) is 24.3 Å². The predicted molar refractivity (Wildman–Crippen MR) is 56.6 cm³/mol. The van der Waals surface area contributed by atoms with E-state index in [2.05, 4.69) is 0 Å². The number of nitrogens with two attached hydrogens (primary N) is 1. The molecule has 0 aliphatic carbocycles. The second-order valence-corrected chi connectivity index (χ2v) is 3.34. The highest BCUT2D eigenvalue weighted by Crippen LogP contribution is 2.33. The van der Waals surface area contributed by atoms with E-state index in [1.165, 1.54) is 0 Å². The molecule has 0 aliphatic heterocycles. The fourth-order valence-electron chi connectivity index (χ4n) is 1.25. The maximum absolute atomic E-state index is 12.7. The number of benzene rings is 1. The van der Waals surface area contributed by atoms with Gasteiger partial charge in [-0.05, 0) is 23.8 Å². The molecule has 0 aliphatic rings. The smallest absolute Gasteiger partial charge is 0.417 e. The number of halogens is 3. The zero-order valence-electron chi connectivity index (χ0n) is 8.86. The fraction of sp³-hybridized carbons (Fsp3) is 0.0909. The molecule has 0 spiro atoms. The number of hydrogen-bond acceptors (Lipinski definition) is 2. The molecular formula is C11H8F3NO3. The summed E-state index contributed by atoms with van der Waals surface area (Å²) in [6.45, 7) is 0. The van der Waals surface area contributed by atoms with Crippen LogP contribution >= 0.6 is 0 Å². The van der Waals surface area contributed by atoms with Crippen molar-refractivity contribution in [2.24, 2.45) is 5.73 Å². The standard InChI is InChI=1S/C11H8F3NO3/c12-11(13,14)8-5-7(10(17)18)2-1-6(8)3-4-9(15)16/h1-5H,(H2,15,16)(H,17,18). The van der Waals surface area contributed by atoms with E-state index in [9.17, 15) is 22.8 Å². The van der Waals surface area contributed by atoms with Crippen LogP contribution < -0.4 is 5.73 Å². The van der Waals surface area contributed by atoms with Crippen LogP contribution in [-0.4, -0.2) is 17.0 Å². The monoisotopic (exact) mass is 259 g/mol. The summed E-state index contributed by atoms with van der Waals surface area (Å²) < 4.78 is 38.0. The maximum Gasteiger partial charge on any atom is 0.417 e. The van der Waals surface area contributed by atoms with Crippen molar-refractivity contribution in [1.29, 1.82) is 0 Å². The molecule has 1 aromatic rings. The third-order valence-electron chi connectivity index (χ3n) is 2.03. The molecular weight excluding hydrogens is 251 g/mol. The number of alkyl halides is 3. The van der Waals surface area contributed by atoms with Gasteiger partial charge in [0.25, 0.3) is 0 Å². The zero-order chi connectivity index (χ0) is 13.9. The quantitative estimate of drug-likeness (QED) is 0.813. The first-order chi connectivity index (χ1) is 8.21. The van der Waals surface area contributed by atoms with Gasteiger partial charge < -0.3 is 10.8 Å². The third-order valence-corrected chi connectivity index (χ3v) is 2.03. The zero-order valence-corrected chi connectivity index (χ0v) is 8.86. The van der Waals surface area contributed by atoms with E-state index in [0.29, 0.717) is 6.07 Å². The molecule has 0 saturated heterocycles. The average molecular weight is 259 g/mol. The molecule has 1 amide bonds. The lowest BCUT2D eigenvalue weighted by molar-refractivity contribution is -0.137. The lowest BCUT2D eigenvalue weighted by Gasteiger charge is -2.11. The minimum absolute atomic E-state index is 0.327. The van der Waals surface area contributed by atoms with Crippen molar-refractivity contribution in [3.05, 3.63) is 41.0 Å². The molecule has 1 rings (SSSR count). The number of aromatic carboxylic acids is 1. The highest BCUT2D eigenvalue weighted by molar-refractivity contribution is 5.91. The molecule has 0 unspecified atom stereocenters. The Balaban J connectivity index is 3.34. The molecule has 0 aromatic heterocycles. The van der Waals surface area contributed by atoms with Crippen LogP contribution in [0, 0.1) is 0 Å². The second kappa shape index (κ2) is 4.91. The van der Waals surface area contributed by atoms with Gasteiger partial charge in [-0.1, -0.05) is 6.07 Å². The molecule has 18 heavy (non-hydrogen) atoms. The summed E-state index contributed by atoms with van der Waals surface area (Å²) in [4.78, 5) is 21.1. The number of primary amides is 1.